The standard InChI is InChI=1S/C16H34O9.C12H26/c17-1-3-19-5-7-21-9-11-23-13-15-25-16-14-24-12-10-22-8-6-20-4-2-18;1-3-5-7-9-11-12-10-8-6-4-2/h17-18H,1-16H2;3-12H2,1-2H3. The fourth-order valence-electron chi connectivity index (χ4n) is 3.11. The van der Waals surface area contributed by atoms with Crippen molar-refractivity contribution >= 4 is 0 Å². The first-order valence-corrected chi connectivity index (χ1v) is 14.6. The van der Waals surface area contributed by atoms with Crippen LogP contribution < -0.4 is 0 Å². The maximum atomic E-state index is 8.50. The van der Waals surface area contributed by atoms with Crippen molar-refractivity contribution < 1.29 is 43.4 Å². The van der Waals surface area contributed by atoms with Crippen molar-refractivity contribution in [3.8, 4) is 0 Å². The van der Waals surface area contributed by atoms with E-state index in [1.807, 2.05) is 0 Å². The monoisotopic (exact) mass is 540 g/mol. The van der Waals surface area contributed by atoms with Crippen LogP contribution in [0.15, 0.2) is 0 Å². The largest absolute Gasteiger partial charge is 0.394 e. The molecule has 0 amide bonds. The number of unbranched alkanes of at least 4 members (excludes halogenated alkanes) is 9. The molecule has 0 unspecified atom stereocenters. The van der Waals surface area contributed by atoms with Crippen LogP contribution in [0.5, 0.6) is 0 Å². The summed E-state index contributed by atoms with van der Waals surface area (Å²) in [4.78, 5) is 0. The summed E-state index contributed by atoms with van der Waals surface area (Å²) in [5.41, 5.74) is 0. The predicted molar refractivity (Wildman–Crippen MR) is 147 cm³/mol. The molecule has 0 rings (SSSR count). The average Bonchev–Trinajstić information content (AvgIpc) is 2.91. The summed E-state index contributed by atoms with van der Waals surface area (Å²) in [6.07, 6.45) is 14.4. The minimum absolute atomic E-state index is 0.0312. The molecule has 0 bridgehead atoms. The highest BCUT2D eigenvalue weighted by Crippen LogP contribution is 2.09. The van der Waals surface area contributed by atoms with E-state index in [-0.39, 0.29) is 13.2 Å². The zero-order chi connectivity index (χ0) is 27.3. The second-order valence-corrected chi connectivity index (χ2v) is 8.56. The van der Waals surface area contributed by atoms with Gasteiger partial charge in [0.15, 0.2) is 0 Å². The maximum absolute atomic E-state index is 8.50. The molecular formula is C28H60O9. The van der Waals surface area contributed by atoms with Crippen LogP contribution in [0.3, 0.4) is 0 Å². The molecule has 226 valence electrons. The first-order valence-electron chi connectivity index (χ1n) is 14.6. The molecule has 9 heteroatoms. The van der Waals surface area contributed by atoms with E-state index in [1.165, 1.54) is 64.2 Å². The van der Waals surface area contributed by atoms with Gasteiger partial charge in [-0.15, -0.1) is 0 Å². The van der Waals surface area contributed by atoms with Gasteiger partial charge in [-0.1, -0.05) is 78.1 Å². The molecule has 37 heavy (non-hydrogen) atoms. The molecule has 0 radical (unpaired) electrons. The lowest BCUT2D eigenvalue weighted by molar-refractivity contribution is -0.0223. The SMILES string of the molecule is CCCCCCCCCCCC.OCCOCCOCCOCCOCCOCCOCCOCCO. The first-order chi connectivity index (χ1) is 18.3. The van der Waals surface area contributed by atoms with Gasteiger partial charge >= 0.3 is 0 Å². The molecule has 0 aromatic rings. The molecule has 0 aromatic heterocycles. The Morgan fingerprint density at radius 2 is 0.486 bits per heavy atom. The number of hydrogen-bond acceptors (Lipinski definition) is 9. The molecule has 2 N–H and O–H groups in total. The molecule has 0 aliphatic rings. The lowest BCUT2D eigenvalue weighted by atomic mass is 10.1. The van der Waals surface area contributed by atoms with Gasteiger partial charge in [0, 0.05) is 0 Å². The van der Waals surface area contributed by atoms with E-state index in [2.05, 4.69) is 13.8 Å². The summed E-state index contributed by atoms with van der Waals surface area (Å²) in [5.74, 6) is 0. The van der Waals surface area contributed by atoms with E-state index in [9.17, 15) is 0 Å². The molecular weight excluding hydrogens is 480 g/mol. The van der Waals surface area contributed by atoms with Crippen LogP contribution >= 0.6 is 0 Å². The van der Waals surface area contributed by atoms with E-state index in [1.54, 1.807) is 0 Å². The van der Waals surface area contributed by atoms with Crippen molar-refractivity contribution in [3.05, 3.63) is 0 Å². The van der Waals surface area contributed by atoms with E-state index in [0.29, 0.717) is 92.5 Å². The Morgan fingerprint density at radius 1 is 0.297 bits per heavy atom. The minimum Gasteiger partial charge on any atom is -0.394 e. The van der Waals surface area contributed by atoms with Gasteiger partial charge in [-0.25, -0.2) is 0 Å². The second-order valence-electron chi connectivity index (χ2n) is 8.56. The Labute approximate surface area is 227 Å². The molecule has 0 aromatic carbocycles. The van der Waals surface area contributed by atoms with Crippen LogP contribution in [0.2, 0.25) is 0 Å². The number of ether oxygens (including phenoxy) is 7. The zero-order valence-corrected chi connectivity index (χ0v) is 24.1. The van der Waals surface area contributed by atoms with E-state index < -0.39 is 0 Å². The highest BCUT2D eigenvalue weighted by molar-refractivity contribution is 4.46. The Hall–Kier alpha value is -0.360. The quantitative estimate of drug-likeness (QED) is 0.126. The molecule has 0 heterocycles. The smallest absolute Gasteiger partial charge is 0.0701 e. The van der Waals surface area contributed by atoms with Crippen molar-refractivity contribution in [3.63, 3.8) is 0 Å². The van der Waals surface area contributed by atoms with Gasteiger partial charge in [0.25, 0.3) is 0 Å². The van der Waals surface area contributed by atoms with Crippen molar-refractivity contribution in [1.82, 2.24) is 0 Å². The molecule has 0 saturated carbocycles. The van der Waals surface area contributed by atoms with Crippen LogP contribution in [-0.2, 0) is 33.2 Å². The lowest BCUT2D eigenvalue weighted by Gasteiger charge is -2.08. The van der Waals surface area contributed by atoms with Gasteiger partial charge in [0.2, 0.25) is 0 Å². The second kappa shape index (κ2) is 40.1. The van der Waals surface area contributed by atoms with Gasteiger partial charge in [0.1, 0.15) is 0 Å². The van der Waals surface area contributed by atoms with Crippen molar-refractivity contribution in [2.45, 2.75) is 78.1 Å². The fourth-order valence-corrected chi connectivity index (χ4v) is 3.11. The highest BCUT2D eigenvalue weighted by atomic mass is 16.6. The molecule has 0 aliphatic carbocycles. The molecule has 0 aliphatic heterocycles. The maximum Gasteiger partial charge on any atom is 0.0701 e. The summed E-state index contributed by atoms with van der Waals surface area (Å²) in [6.45, 7) is 11.4. The van der Waals surface area contributed by atoms with Gasteiger partial charge in [-0.2, -0.15) is 0 Å². The van der Waals surface area contributed by atoms with Crippen LogP contribution in [0, 0.1) is 0 Å². The van der Waals surface area contributed by atoms with Crippen molar-refractivity contribution in [1.29, 1.82) is 0 Å². The Morgan fingerprint density at radius 3 is 0.676 bits per heavy atom. The predicted octanol–water partition coefficient (Wildman–Crippen LogP) is 4.01. The number of aliphatic hydroxyl groups excluding tert-OH is 2. The molecule has 0 saturated heterocycles. The number of rotatable bonds is 31. The van der Waals surface area contributed by atoms with Gasteiger partial charge in [-0.3, -0.25) is 0 Å². The molecule has 9 nitrogen and oxygen atoms in total. The normalized spacial score (nSPS) is 11.0. The lowest BCUT2D eigenvalue weighted by Crippen LogP contribution is -2.14. The Kier molecular flexibility index (Phi) is 42.1. The topological polar surface area (TPSA) is 105 Å². The van der Waals surface area contributed by atoms with Crippen LogP contribution in [0.25, 0.3) is 0 Å². The van der Waals surface area contributed by atoms with Crippen LogP contribution in [0.4, 0.5) is 0 Å². The third-order valence-corrected chi connectivity index (χ3v) is 5.16. The molecule has 0 spiro atoms. The third kappa shape index (κ3) is 43.0. The Balaban J connectivity index is 0. The van der Waals surface area contributed by atoms with Gasteiger partial charge in [-0.05, 0) is 0 Å². The van der Waals surface area contributed by atoms with Crippen LogP contribution in [-0.4, -0.2) is 116 Å². The van der Waals surface area contributed by atoms with Crippen molar-refractivity contribution in [2.75, 3.05) is 106 Å². The van der Waals surface area contributed by atoms with Gasteiger partial charge in [0.05, 0.1) is 106 Å². The summed E-state index contributed by atoms with van der Waals surface area (Å²) in [7, 11) is 0. The molecule has 0 atom stereocenters. The summed E-state index contributed by atoms with van der Waals surface area (Å²) in [5, 5.41) is 17.0. The van der Waals surface area contributed by atoms with E-state index in [4.69, 9.17) is 43.4 Å². The van der Waals surface area contributed by atoms with E-state index in [0.717, 1.165) is 0 Å². The Bertz CT molecular complexity index is 331. The summed E-state index contributed by atoms with van der Waals surface area (Å²) < 4.78 is 36.7. The zero-order valence-electron chi connectivity index (χ0n) is 24.1. The average molecular weight is 541 g/mol. The van der Waals surface area contributed by atoms with Gasteiger partial charge < -0.3 is 43.4 Å². The summed E-state index contributed by atoms with van der Waals surface area (Å²) in [6, 6.07) is 0. The fraction of sp³-hybridized carbons (Fsp3) is 1.00. The van der Waals surface area contributed by atoms with Crippen molar-refractivity contribution in [2.24, 2.45) is 0 Å². The summed E-state index contributed by atoms with van der Waals surface area (Å²) >= 11 is 0. The first kappa shape index (κ1) is 38.8. The molecule has 0 fully saturated rings. The third-order valence-electron chi connectivity index (χ3n) is 5.16. The number of aliphatic hydroxyl groups is 2. The number of hydrogen-bond donors (Lipinski definition) is 2. The van der Waals surface area contributed by atoms with Crippen LogP contribution in [0.1, 0.15) is 78.1 Å². The van der Waals surface area contributed by atoms with E-state index >= 15 is 0 Å². The highest BCUT2D eigenvalue weighted by Gasteiger charge is 1.94. The minimum atomic E-state index is 0.0312.